The van der Waals surface area contributed by atoms with E-state index in [1.807, 2.05) is 13.0 Å². The number of fused-ring (bicyclic) bond motifs is 1. The van der Waals surface area contributed by atoms with Gasteiger partial charge in [0.2, 0.25) is 5.76 Å². The van der Waals surface area contributed by atoms with Crippen LogP contribution in [0.25, 0.3) is 11.0 Å². The van der Waals surface area contributed by atoms with Gasteiger partial charge in [0.25, 0.3) is 0 Å². The minimum atomic E-state index is -0.606. The van der Waals surface area contributed by atoms with Crippen LogP contribution in [-0.2, 0) is 4.74 Å². The normalized spacial score (nSPS) is 10.6. The Kier molecular flexibility index (Phi) is 5.45. The molecule has 3 aromatic rings. The van der Waals surface area contributed by atoms with E-state index in [4.69, 9.17) is 18.6 Å². The maximum absolute atomic E-state index is 12.5. The minimum absolute atomic E-state index is 0.133. The van der Waals surface area contributed by atoms with Crippen molar-refractivity contribution in [2.24, 2.45) is 0 Å². The Hall–Kier alpha value is -3.28. The summed E-state index contributed by atoms with van der Waals surface area (Å²) in [6.45, 7) is 6.29. The molecule has 0 N–H and O–H groups in total. The van der Waals surface area contributed by atoms with E-state index in [9.17, 15) is 9.59 Å². The molecule has 2 aromatic carbocycles. The molecule has 0 fully saturated rings. The highest BCUT2D eigenvalue weighted by molar-refractivity contribution is 5.97. The Morgan fingerprint density at radius 1 is 0.926 bits per heavy atom. The number of ether oxygens (including phenoxy) is 3. The first-order valence-corrected chi connectivity index (χ1v) is 8.68. The molecule has 0 saturated carbocycles. The lowest BCUT2D eigenvalue weighted by atomic mass is 10.1. The number of furan rings is 1. The number of esters is 2. The van der Waals surface area contributed by atoms with E-state index in [0.29, 0.717) is 41.4 Å². The third-order valence-corrected chi connectivity index (χ3v) is 3.98. The second kappa shape index (κ2) is 7.95. The van der Waals surface area contributed by atoms with Crippen LogP contribution >= 0.6 is 0 Å². The van der Waals surface area contributed by atoms with Crippen LogP contribution in [0.5, 0.6) is 11.5 Å². The van der Waals surface area contributed by atoms with Gasteiger partial charge in [0.15, 0.2) is 0 Å². The van der Waals surface area contributed by atoms with E-state index in [1.54, 1.807) is 38.1 Å². The predicted octanol–water partition coefficient (Wildman–Crippen LogP) is 4.54. The monoisotopic (exact) mass is 368 g/mol. The molecule has 0 saturated heterocycles. The molecule has 0 bridgehead atoms. The molecule has 0 amide bonds. The van der Waals surface area contributed by atoms with E-state index in [-0.39, 0.29) is 5.76 Å². The van der Waals surface area contributed by atoms with Crippen LogP contribution in [-0.4, -0.2) is 25.2 Å². The highest BCUT2D eigenvalue weighted by Gasteiger charge is 2.20. The van der Waals surface area contributed by atoms with Gasteiger partial charge >= 0.3 is 11.9 Å². The van der Waals surface area contributed by atoms with Gasteiger partial charge in [0.1, 0.15) is 17.1 Å². The molecule has 0 aliphatic carbocycles. The standard InChI is InChI=1S/C21H20O6/c1-4-24-16-10-11-18-17(12-16)13(3)19(27-18)21(23)26-15-8-6-14(7-9-15)20(22)25-5-2/h6-12H,4-5H2,1-3H3. The SMILES string of the molecule is CCOC(=O)c1ccc(OC(=O)c2oc3ccc(OCC)cc3c2C)cc1. The topological polar surface area (TPSA) is 75.0 Å². The first-order valence-electron chi connectivity index (χ1n) is 8.68. The van der Waals surface area contributed by atoms with Crippen LogP contribution in [0.1, 0.15) is 40.3 Å². The van der Waals surface area contributed by atoms with Crippen molar-refractivity contribution in [3.8, 4) is 11.5 Å². The summed E-state index contributed by atoms with van der Waals surface area (Å²) >= 11 is 0. The third-order valence-electron chi connectivity index (χ3n) is 3.98. The second-order valence-corrected chi connectivity index (χ2v) is 5.78. The smallest absolute Gasteiger partial charge is 0.379 e. The molecular weight excluding hydrogens is 348 g/mol. The highest BCUT2D eigenvalue weighted by Crippen LogP contribution is 2.29. The summed E-state index contributed by atoms with van der Waals surface area (Å²) in [5, 5.41) is 0.797. The van der Waals surface area contributed by atoms with Gasteiger partial charge in [-0.2, -0.15) is 0 Å². The zero-order valence-corrected chi connectivity index (χ0v) is 15.4. The summed E-state index contributed by atoms with van der Waals surface area (Å²) in [4.78, 5) is 24.2. The van der Waals surface area contributed by atoms with Crippen LogP contribution in [0.3, 0.4) is 0 Å². The van der Waals surface area contributed by atoms with Gasteiger partial charge in [-0.1, -0.05) is 0 Å². The van der Waals surface area contributed by atoms with Gasteiger partial charge < -0.3 is 18.6 Å². The lowest BCUT2D eigenvalue weighted by molar-refractivity contribution is 0.0526. The summed E-state index contributed by atoms with van der Waals surface area (Å²) in [5.41, 5.74) is 1.65. The van der Waals surface area contributed by atoms with Crippen molar-refractivity contribution in [2.45, 2.75) is 20.8 Å². The fourth-order valence-electron chi connectivity index (χ4n) is 2.68. The van der Waals surface area contributed by atoms with E-state index < -0.39 is 11.9 Å². The van der Waals surface area contributed by atoms with Crippen molar-refractivity contribution in [3.63, 3.8) is 0 Å². The fourth-order valence-corrected chi connectivity index (χ4v) is 2.68. The van der Waals surface area contributed by atoms with E-state index in [1.165, 1.54) is 12.1 Å². The molecule has 6 heteroatoms. The third kappa shape index (κ3) is 3.95. The summed E-state index contributed by atoms with van der Waals surface area (Å²) in [5.74, 6) is 0.124. The first kappa shape index (κ1) is 18.5. The molecule has 0 aliphatic rings. The lowest BCUT2D eigenvalue weighted by Gasteiger charge is -2.05. The van der Waals surface area contributed by atoms with Gasteiger partial charge in [-0.25, -0.2) is 9.59 Å². The van der Waals surface area contributed by atoms with Crippen LogP contribution in [0.2, 0.25) is 0 Å². The lowest BCUT2D eigenvalue weighted by Crippen LogP contribution is -2.09. The highest BCUT2D eigenvalue weighted by atomic mass is 16.5. The second-order valence-electron chi connectivity index (χ2n) is 5.78. The number of hydrogen-bond acceptors (Lipinski definition) is 6. The Bertz CT molecular complexity index is 968. The predicted molar refractivity (Wildman–Crippen MR) is 99.5 cm³/mol. The molecular formula is C21H20O6. The number of carbonyl (C=O) groups is 2. The molecule has 0 atom stereocenters. The van der Waals surface area contributed by atoms with Crippen molar-refractivity contribution < 1.29 is 28.2 Å². The average molecular weight is 368 g/mol. The Labute approximate surface area is 156 Å². The van der Waals surface area contributed by atoms with E-state index >= 15 is 0 Å². The molecule has 1 aromatic heterocycles. The molecule has 3 rings (SSSR count). The van der Waals surface area contributed by atoms with Crippen molar-refractivity contribution in [3.05, 3.63) is 59.4 Å². The largest absolute Gasteiger partial charge is 0.494 e. The summed E-state index contributed by atoms with van der Waals surface area (Å²) < 4.78 is 21.4. The van der Waals surface area contributed by atoms with Crippen molar-refractivity contribution in [1.82, 2.24) is 0 Å². The number of hydrogen-bond donors (Lipinski definition) is 0. The quantitative estimate of drug-likeness (QED) is 0.470. The number of rotatable bonds is 6. The summed E-state index contributed by atoms with van der Waals surface area (Å²) in [6.07, 6.45) is 0. The van der Waals surface area contributed by atoms with Gasteiger partial charge in [0, 0.05) is 10.9 Å². The summed E-state index contributed by atoms with van der Waals surface area (Å²) in [7, 11) is 0. The van der Waals surface area contributed by atoms with E-state index in [0.717, 1.165) is 5.39 Å². The Balaban J connectivity index is 1.79. The van der Waals surface area contributed by atoms with Crippen molar-refractivity contribution in [2.75, 3.05) is 13.2 Å². The molecule has 0 radical (unpaired) electrons. The van der Waals surface area contributed by atoms with Crippen LogP contribution in [0, 0.1) is 6.92 Å². The fraction of sp³-hybridized carbons (Fsp3) is 0.238. The van der Waals surface area contributed by atoms with Crippen LogP contribution in [0.4, 0.5) is 0 Å². The maximum atomic E-state index is 12.5. The molecule has 1 heterocycles. The molecule has 0 spiro atoms. The molecule has 6 nitrogen and oxygen atoms in total. The van der Waals surface area contributed by atoms with Crippen molar-refractivity contribution in [1.29, 1.82) is 0 Å². The Morgan fingerprint density at radius 3 is 2.30 bits per heavy atom. The van der Waals surface area contributed by atoms with Gasteiger partial charge in [-0.15, -0.1) is 0 Å². The number of aryl methyl sites for hydroxylation is 1. The van der Waals surface area contributed by atoms with E-state index in [2.05, 4.69) is 0 Å². The zero-order chi connectivity index (χ0) is 19.4. The number of benzene rings is 2. The molecule has 0 unspecified atom stereocenters. The molecule has 27 heavy (non-hydrogen) atoms. The average Bonchev–Trinajstić information content (AvgIpc) is 2.99. The minimum Gasteiger partial charge on any atom is -0.494 e. The summed E-state index contributed by atoms with van der Waals surface area (Å²) in [6, 6.07) is 11.5. The zero-order valence-electron chi connectivity index (χ0n) is 15.4. The Morgan fingerprint density at radius 2 is 1.63 bits per heavy atom. The maximum Gasteiger partial charge on any atom is 0.379 e. The van der Waals surface area contributed by atoms with Gasteiger partial charge in [-0.05, 0) is 63.2 Å². The molecule has 140 valence electrons. The van der Waals surface area contributed by atoms with Crippen LogP contribution in [0.15, 0.2) is 46.9 Å². The van der Waals surface area contributed by atoms with Gasteiger partial charge in [-0.3, -0.25) is 0 Å². The van der Waals surface area contributed by atoms with Crippen LogP contribution < -0.4 is 9.47 Å². The molecule has 0 aliphatic heterocycles. The first-order chi connectivity index (χ1) is 13.0. The number of carbonyl (C=O) groups excluding carboxylic acids is 2. The van der Waals surface area contributed by atoms with Crippen molar-refractivity contribution >= 4 is 22.9 Å². The van der Waals surface area contributed by atoms with Gasteiger partial charge in [0.05, 0.1) is 18.8 Å².